The van der Waals surface area contributed by atoms with Gasteiger partial charge in [-0.25, -0.2) is 0 Å². The van der Waals surface area contributed by atoms with Gasteiger partial charge >= 0.3 is 0 Å². The summed E-state index contributed by atoms with van der Waals surface area (Å²) in [5.41, 5.74) is 0.679. The van der Waals surface area contributed by atoms with Crippen molar-refractivity contribution in [1.29, 1.82) is 0 Å². The summed E-state index contributed by atoms with van der Waals surface area (Å²) in [6.07, 6.45) is 13.5. The van der Waals surface area contributed by atoms with Crippen molar-refractivity contribution in [3.8, 4) is 0 Å². The van der Waals surface area contributed by atoms with E-state index in [1.165, 1.54) is 64.1 Å². The van der Waals surface area contributed by atoms with Gasteiger partial charge in [0.25, 0.3) is 0 Å². The Morgan fingerprint density at radius 3 is 2.19 bits per heavy atom. The number of hydrogen-bond acceptors (Lipinski definition) is 2. The second-order valence-electron chi connectivity index (χ2n) is 9.51. The lowest BCUT2D eigenvalue weighted by atomic mass is 9.49. The van der Waals surface area contributed by atoms with Crippen molar-refractivity contribution in [2.75, 3.05) is 6.61 Å². The lowest BCUT2D eigenvalue weighted by Gasteiger charge is -2.55. The van der Waals surface area contributed by atoms with Crippen LogP contribution >= 0.6 is 0 Å². The molecule has 5 fully saturated rings. The van der Waals surface area contributed by atoms with Crippen LogP contribution < -0.4 is 0 Å². The van der Waals surface area contributed by atoms with Crippen LogP contribution in [0.5, 0.6) is 0 Å². The highest BCUT2D eigenvalue weighted by atomic mass is 16.6. The molecule has 4 saturated carbocycles. The molecule has 0 aromatic rings. The zero-order valence-electron chi connectivity index (χ0n) is 17.9. The van der Waals surface area contributed by atoms with E-state index in [2.05, 4.69) is 6.92 Å². The van der Waals surface area contributed by atoms with Crippen LogP contribution in [0.3, 0.4) is 0 Å². The van der Waals surface area contributed by atoms with E-state index >= 15 is 0 Å². The predicted octanol–water partition coefficient (Wildman–Crippen LogP) is 6.28. The van der Waals surface area contributed by atoms with E-state index in [1.807, 2.05) is 27.7 Å². The molecule has 150 valence electrons. The minimum Gasteiger partial charge on any atom is -0.370 e. The molecule has 1 aliphatic heterocycles. The quantitative estimate of drug-likeness (QED) is 0.406. The monoisotopic (exact) mass is 362 g/mol. The number of aldehydes is 1. The number of epoxide rings is 1. The Hall–Kier alpha value is -0.370. The first kappa shape index (κ1) is 20.4. The molecule has 1 spiro atoms. The number of rotatable bonds is 1. The first-order valence-electron chi connectivity index (χ1n) is 11.7. The third-order valence-corrected chi connectivity index (χ3v) is 8.88. The standard InChI is InChI=1S/C20H30O2.2C2H6/c1-19-8-6-16-15-7-9-20(12-22-20)10-13(15)2-4-17(16)18(19)5-3-14(19)11-21;2*1-2/h11,13-18H,2-10,12H2,1H3;2*1-2H3. The topological polar surface area (TPSA) is 29.6 Å². The maximum atomic E-state index is 11.5. The highest BCUT2D eigenvalue weighted by molar-refractivity contribution is 5.56. The summed E-state index contributed by atoms with van der Waals surface area (Å²) < 4.78 is 5.80. The lowest BCUT2D eigenvalue weighted by molar-refractivity contribution is -0.118. The Morgan fingerprint density at radius 1 is 0.846 bits per heavy atom. The Labute approximate surface area is 161 Å². The van der Waals surface area contributed by atoms with Gasteiger partial charge < -0.3 is 9.53 Å². The fraction of sp³-hybridized carbons (Fsp3) is 0.958. The van der Waals surface area contributed by atoms with E-state index in [9.17, 15) is 4.79 Å². The fourth-order valence-electron chi connectivity index (χ4n) is 7.58. The van der Waals surface area contributed by atoms with E-state index in [0.717, 1.165) is 36.2 Å². The van der Waals surface area contributed by atoms with Crippen LogP contribution in [0.15, 0.2) is 0 Å². The van der Waals surface area contributed by atoms with Gasteiger partial charge in [-0.15, -0.1) is 0 Å². The van der Waals surface area contributed by atoms with Crippen LogP contribution in [-0.4, -0.2) is 18.5 Å². The summed E-state index contributed by atoms with van der Waals surface area (Å²) >= 11 is 0. The summed E-state index contributed by atoms with van der Waals surface area (Å²) in [7, 11) is 0. The smallest absolute Gasteiger partial charge is 0.123 e. The first-order chi connectivity index (χ1) is 12.7. The van der Waals surface area contributed by atoms with Crippen LogP contribution in [0, 0.1) is 40.9 Å². The van der Waals surface area contributed by atoms with E-state index in [1.54, 1.807) is 0 Å². The summed E-state index contributed by atoms with van der Waals surface area (Å²) in [5, 5.41) is 0. The van der Waals surface area contributed by atoms with Gasteiger partial charge in [-0.3, -0.25) is 0 Å². The van der Waals surface area contributed by atoms with E-state index in [0.29, 0.717) is 16.9 Å². The zero-order valence-corrected chi connectivity index (χ0v) is 17.9. The molecule has 2 nitrogen and oxygen atoms in total. The Morgan fingerprint density at radius 2 is 1.54 bits per heavy atom. The minimum atomic E-state index is 0.339. The van der Waals surface area contributed by atoms with Gasteiger partial charge in [-0.05, 0) is 92.8 Å². The third kappa shape index (κ3) is 3.19. The average Bonchev–Trinajstić information content (AvgIpc) is 3.34. The first-order valence-corrected chi connectivity index (χ1v) is 11.7. The van der Waals surface area contributed by atoms with Crippen LogP contribution in [0.25, 0.3) is 0 Å². The number of carbonyl (C=O) groups excluding carboxylic acids is 1. The zero-order chi connectivity index (χ0) is 18.9. The van der Waals surface area contributed by atoms with Crippen molar-refractivity contribution in [1.82, 2.24) is 0 Å². The summed E-state index contributed by atoms with van der Waals surface area (Å²) in [6.45, 7) is 11.5. The van der Waals surface area contributed by atoms with Gasteiger partial charge in [-0.1, -0.05) is 34.6 Å². The summed E-state index contributed by atoms with van der Waals surface area (Å²) in [5.74, 6) is 5.03. The van der Waals surface area contributed by atoms with Crippen molar-refractivity contribution in [3.63, 3.8) is 0 Å². The van der Waals surface area contributed by atoms with Crippen molar-refractivity contribution >= 4 is 6.29 Å². The van der Waals surface area contributed by atoms with Gasteiger partial charge in [0.2, 0.25) is 0 Å². The van der Waals surface area contributed by atoms with Crippen LogP contribution in [0.4, 0.5) is 0 Å². The molecular formula is C24H42O2. The summed E-state index contributed by atoms with van der Waals surface area (Å²) in [6, 6.07) is 0. The van der Waals surface area contributed by atoms with E-state index in [4.69, 9.17) is 4.74 Å². The van der Waals surface area contributed by atoms with Gasteiger partial charge in [-0.2, -0.15) is 0 Å². The Balaban J connectivity index is 0.000000461. The summed E-state index contributed by atoms with van der Waals surface area (Å²) in [4.78, 5) is 11.5. The number of fused-ring (bicyclic) bond motifs is 5. The van der Waals surface area contributed by atoms with E-state index < -0.39 is 0 Å². The molecule has 0 aromatic heterocycles. The molecular weight excluding hydrogens is 320 g/mol. The molecule has 1 saturated heterocycles. The fourth-order valence-corrected chi connectivity index (χ4v) is 7.58. The molecule has 4 aliphatic carbocycles. The number of carbonyl (C=O) groups is 1. The molecule has 5 aliphatic rings. The van der Waals surface area contributed by atoms with Crippen LogP contribution in [0.2, 0.25) is 0 Å². The minimum absolute atomic E-state index is 0.339. The SMILES string of the molecule is CC.CC.CC12CCC3C4CCC5(CO5)CC4CCC3C1CCC2C=O. The maximum Gasteiger partial charge on any atom is 0.123 e. The molecule has 0 N–H and O–H groups in total. The second kappa shape index (κ2) is 7.94. The highest BCUT2D eigenvalue weighted by Crippen LogP contribution is 2.65. The molecule has 5 rings (SSSR count). The Bertz CT molecular complexity index is 483. The molecule has 26 heavy (non-hydrogen) atoms. The molecule has 8 unspecified atom stereocenters. The van der Waals surface area contributed by atoms with Crippen molar-refractivity contribution in [2.24, 2.45) is 40.9 Å². The molecule has 8 atom stereocenters. The van der Waals surface area contributed by atoms with Gasteiger partial charge in [0.15, 0.2) is 0 Å². The van der Waals surface area contributed by atoms with Gasteiger partial charge in [0.05, 0.1) is 12.2 Å². The third-order valence-electron chi connectivity index (χ3n) is 8.88. The molecule has 0 bridgehead atoms. The normalized spacial score (nSPS) is 50.8. The van der Waals surface area contributed by atoms with Gasteiger partial charge in [0.1, 0.15) is 6.29 Å². The maximum absolute atomic E-state index is 11.5. The second-order valence-corrected chi connectivity index (χ2v) is 9.51. The van der Waals surface area contributed by atoms with Gasteiger partial charge in [0, 0.05) is 5.92 Å². The Kier molecular flexibility index (Phi) is 6.22. The average molecular weight is 363 g/mol. The molecule has 0 aromatic carbocycles. The largest absolute Gasteiger partial charge is 0.370 e. The van der Waals surface area contributed by atoms with Crippen molar-refractivity contribution in [2.45, 2.75) is 98.0 Å². The van der Waals surface area contributed by atoms with Crippen molar-refractivity contribution in [3.05, 3.63) is 0 Å². The molecule has 0 amide bonds. The molecule has 0 radical (unpaired) electrons. The van der Waals surface area contributed by atoms with Crippen LogP contribution in [-0.2, 0) is 9.53 Å². The molecule has 1 heterocycles. The number of ether oxygens (including phenoxy) is 1. The highest BCUT2D eigenvalue weighted by Gasteiger charge is 2.59. The predicted molar refractivity (Wildman–Crippen MR) is 108 cm³/mol. The van der Waals surface area contributed by atoms with E-state index in [-0.39, 0.29) is 0 Å². The lowest BCUT2D eigenvalue weighted by Crippen LogP contribution is -2.49. The van der Waals surface area contributed by atoms with Crippen LogP contribution in [0.1, 0.15) is 92.4 Å². The van der Waals surface area contributed by atoms with Crippen molar-refractivity contribution < 1.29 is 9.53 Å². The molecule has 2 heteroatoms. The number of hydrogen-bond donors (Lipinski definition) is 0.